The molecule has 1 saturated heterocycles. The molecule has 1 N–H and O–H groups in total. The zero-order valence-electron chi connectivity index (χ0n) is 13.6. The van der Waals surface area contributed by atoms with Crippen LogP contribution in [0.25, 0.3) is 0 Å². The number of likely N-dealkylation sites (tertiary alicyclic amines) is 1. The maximum absolute atomic E-state index is 13.7. The zero-order valence-corrected chi connectivity index (χ0v) is 15.2. The molecule has 0 aromatic carbocycles. The fourth-order valence-electron chi connectivity index (χ4n) is 3.47. The first kappa shape index (κ1) is 17.7. The molecule has 26 heavy (non-hydrogen) atoms. The summed E-state index contributed by atoms with van der Waals surface area (Å²) in [5.74, 6) is -0.356. The Morgan fingerprint density at radius 1 is 1.35 bits per heavy atom. The van der Waals surface area contributed by atoms with Gasteiger partial charge < -0.3 is 10.2 Å². The molecule has 0 radical (unpaired) electrons. The number of aromatic nitrogens is 2. The van der Waals surface area contributed by atoms with E-state index in [2.05, 4.69) is 10.4 Å². The van der Waals surface area contributed by atoms with Crippen molar-refractivity contribution in [3.8, 4) is 0 Å². The summed E-state index contributed by atoms with van der Waals surface area (Å²) in [6.07, 6.45) is -2.94. The summed E-state index contributed by atoms with van der Waals surface area (Å²) < 4.78 is 41.8. The van der Waals surface area contributed by atoms with Gasteiger partial charge >= 0.3 is 6.18 Å². The Kier molecular flexibility index (Phi) is 4.38. The van der Waals surface area contributed by atoms with Crippen LogP contribution < -0.4 is 5.32 Å². The largest absolute Gasteiger partial charge is 0.410 e. The van der Waals surface area contributed by atoms with Crippen LogP contribution in [0.15, 0.2) is 17.5 Å². The molecule has 2 aliphatic rings. The van der Waals surface area contributed by atoms with Crippen molar-refractivity contribution in [3.63, 3.8) is 0 Å². The minimum atomic E-state index is -4.49. The number of thiophene rings is 1. The van der Waals surface area contributed by atoms with Gasteiger partial charge in [0.15, 0.2) is 11.7 Å². The van der Waals surface area contributed by atoms with Gasteiger partial charge in [-0.3, -0.25) is 4.79 Å². The summed E-state index contributed by atoms with van der Waals surface area (Å²) in [5.41, 5.74) is -0.114. The first-order valence-electron chi connectivity index (χ1n) is 8.30. The van der Waals surface area contributed by atoms with Gasteiger partial charge in [0.25, 0.3) is 5.91 Å². The molecule has 2 aliphatic heterocycles. The zero-order chi connectivity index (χ0) is 18.5. The Labute approximate surface area is 156 Å². The molecule has 1 amide bonds. The predicted molar refractivity (Wildman–Crippen MR) is 92.8 cm³/mol. The van der Waals surface area contributed by atoms with E-state index in [0.29, 0.717) is 13.1 Å². The number of nitrogens with zero attached hydrogens (tertiary/aromatic N) is 3. The number of rotatable bonds is 2. The highest BCUT2D eigenvalue weighted by molar-refractivity contribution is 7.10. The summed E-state index contributed by atoms with van der Waals surface area (Å²) in [6, 6.07) is 1.22. The molecule has 4 heterocycles. The normalized spacial score (nSPS) is 23.0. The second kappa shape index (κ2) is 6.45. The lowest BCUT2D eigenvalue weighted by atomic mass is 10.0. The molecule has 0 aliphatic carbocycles. The van der Waals surface area contributed by atoms with Crippen molar-refractivity contribution in [3.05, 3.63) is 33.1 Å². The minimum Gasteiger partial charge on any atom is -0.361 e. The Morgan fingerprint density at radius 3 is 2.69 bits per heavy atom. The molecule has 2 atom stereocenters. The average Bonchev–Trinajstić information content (AvgIpc) is 3.34. The molecule has 5 nitrogen and oxygen atoms in total. The van der Waals surface area contributed by atoms with Gasteiger partial charge in [-0.1, -0.05) is 17.7 Å². The van der Waals surface area contributed by atoms with Gasteiger partial charge in [0, 0.05) is 24.4 Å². The van der Waals surface area contributed by atoms with Gasteiger partial charge in [-0.15, -0.1) is 11.3 Å². The van der Waals surface area contributed by atoms with Crippen LogP contribution in [-0.2, 0) is 0 Å². The van der Waals surface area contributed by atoms with Crippen molar-refractivity contribution in [2.75, 3.05) is 18.4 Å². The Morgan fingerprint density at radius 2 is 2.08 bits per heavy atom. The fourth-order valence-corrected chi connectivity index (χ4v) is 4.52. The van der Waals surface area contributed by atoms with Crippen LogP contribution in [0.1, 0.15) is 46.7 Å². The van der Waals surface area contributed by atoms with Crippen LogP contribution >= 0.6 is 22.9 Å². The highest BCUT2D eigenvalue weighted by Crippen LogP contribution is 2.47. The van der Waals surface area contributed by atoms with Gasteiger partial charge in [-0.25, -0.2) is 4.68 Å². The van der Waals surface area contributed by atoms with E-state index in [0.717, 1.165) is 22.4 Å². The molecule has 0 spiro atoms. The van der Waals surface area contributed by atoms with E-state index in [1.807, 2.05) is 5.38 Å². The first-order chi connectivity index (χ1) is 12.4. The lowest BCUT2D eigenvalue weighted by molar-refractivity contribution is -0.173. The van der Waals surface area contributed by atoms with Crippen LogP contribution in [0.5, 0.6) is 0 Å². The highest BCUT2D eigenvalue weighted by atomic mass is 35.5. The number of carbonyl (C=O) groups is 1. The SMILES string of the molecule is O=C(c1nn2c(c1Cl)N[C@@H](c1cccs1)C[C@@H]2C(F)(F)F)N1CCCC1. The smallest absolute Gasteiger partial charge is 0.361 e. The minimum absolute atomic E-state index is 0.0441. The molecule has 0 unspecified atom stereocenters. The molecule has 0 saturated carbocycles. The maximum atomic E-state index is 13.7. The van der Waals surface area contributed by atoms with Crippen molar-refractivity contribution in [2.45, 2.75) is 37.5 Å². The van der Waals surface area contributed by atoms with Crippen LogP contribution in [-0.4, -0.2) is 39.9 Å². The van der Waals surface area contributed by atoms with Crippen LogP contribution in [0.2, 0.25) is 5.02 Å². The van der Waals surface area contributed by atoms with E-state index in [1.165, 1.54) is 11.3 Å². The van der Waals surface area contributed by atoms with E-state index < -0.39 is 24.2 Å². The number of hydrogen-bond donors (Lipinski definition) is 1. The third kappa shape index (κ3) is 2.96. The van der Waals surface area contributed by atoms with Crippen LogP contribution in [0.3, 0.4) is 0 Å². The molecule has 10 heteroatoms. The van der Waals surface area contributed by atoms with Gasteiger partial charge in [0.2, 0.25) is 0 Å². The lowest BCUT2D eigenvalue weighted by Crippen LogP contribution is -2.35. The van der Waals surface area contributed by atoms with Crippen molar-refractivity contribution in [1.29, 1.82) is 0 Å². The summed E-state index contributed by atoms with van der Waals surface area (Å²) in [5, 5.41) is 8.79. The average molecular weight is 405 g/mol. The number of anilines is 1. The van der Waals surface area contributed by atoms with Crippen LogP contribution in [0.4, 0.5) is 19.0 Å². The van der Waals surface area contributed by atoms with E-state index in [9.17, 15) is 18.0 Å². The standard InChI is InChI=1S/C16H16ClF3N4OS/c17-12-13(15(25)23-5-1-2-6-23)22-24-11(16(18,19)20)8-9(21-14(12)24)10-4-3-7-26-10/h3-4,7,9,11,21H,1-2,5-6,8H2/t9-,11-/m1/s1. The third-order valence-corrected chi connectivity index (χ3v) is 6.12. The topological polar surface area (TPSA) is 50.2 Å². The molecular formula is C16H16ClF3N4OS. The molecular weight excluding hydrogens is 389 g/mol. The molecule has 1 fully saturated rings. The second-order valence-electron chi connectivity index (χ2n) is 6.46. The summed E-state index contributed by atoms with van der Waals surface area (Å²) in [7, 11) is 0. The van der Waals surface area contributed by atoms with Crippen LogP contribution in [0, 0.1) is 0 Å². The summed E-state index contributed by atoms with van der Waals surface area (Å²) in [4.78, 5) is 15.0. The summed E-state index contributed by atoms with van der Waals surface area (Å²) in [6.45, 7) is 1.15. The summed E-state index contributed by atoms with van der Waals surface area (Å²) >= 11 is 7.68. The number of amides is 1. The van der Waals surface area contributed by atoms with E-state index in [4.69, 9.17) is 11.6 Å². The highest BCUT2D eigenvalue weighted by Gasteiger charge is 2.48. The molecule has 4 rings (SSSR count). The van der Waals surface area contributed by atoms with E-state index in [1.54, 1.807) is 17.0 Å². The number of hydrogen-bond acceptors (Lipinski definition) is 4. The van der Waals surface area contributed by atoms with Gasteiger partial charge in [0.1, 0.15) is 10.8 Å². The van der Waals surface area contributed by atoms with Gasteiger partial charge in [-0.05, 0) is 24.3 Å². The number of carbonyl (C=O) groups excluding carboxylic acids is 1. The number of nitrogens with one attached hydrogen (secondary N) is 1. The molecule has 2 aromatic rings. The lowest BCUT2D eigenvalue weighted by Gasteiger charge is -2.32. The maximum Gasteiger partial charge on any atom is 0.410 e. The molecule has 140 valence electrons. The van der Waals surface area contributed by atoms with Crippen molar-refractivity contribution in [1.82, 2.24) is 14.7 Å². The Balaban J connectivity index is 1.74. The fraction of sp³-hybridized carbons (Fsp3) is 0.500. The predicted octanol–water partition coefficient (Wildman–Crippen LogP) is 4.49. The van der Waals surface area contributed by atoms with E-state index >= 15 is 0 Å². The Hall–Kier alpha value is -1.74. The van der Waals surface area contributed by atoms with Crippen molar-refractivity contribution in [2.24, 2.45) is 0 Å². The second-order valence-corrected chi connectivity index (χ2v) is 7.82. The monoisotopic (exact) mass is 404 g/mol. The van der Waals surface area contributed by atoms with Gasteiger partial charge in [-0.2, -0.15) is 18.3 Å². The number of halogens is 4. The quantitative estimate of drug-likeness (QED) is 0.802. The number of alkyl halides is 3. The first-order valence-corrected chi connectivity index (χ1v) is 9.56. The Bertz CT molecular complexity index is 814. The van der Waals surface area contributed by atoms with Crippen molar-refractivity contribution < 1.29 is 18.0 Å². The third-order valence-electron chi connectivity index (χ3n) is 4.78. The van der Waals surface area contributed by atoms with Gasteiger partial charge in [0.05, 0.1) is 6.04 Å². The van der Waals surface area contributed by atoms with E-state index in [-0.39, 0.29) is 23.0 Å². The molecule has 0 bridgehead atoms. The molecule has 2 aromatic heterocycles. The number of fused-ring (bicyclic) bond motifs is 1. The van der Waals surface area contributed by atoms with Crippen molar-refractivity contribution >= 4 is 34.7 Å².